The first-order valence-electron chi connectivity index (χ1n) is 8.08. The van der Waals surface area contributed by atoms with E-state index in [-0.39, 0.29) is 24.4 Å². The van der Waals surface area contributed by atoms with Crippen molar-refractivity contribution >= 4 is 24.0 Å². The number of aliphatic hydroxyl groups is 1. The normalized spacial score (nSPS) is 19.8. The maximum atomic E-state index is 12.2. The van der Waals surface area contributed by atoms with E-state index in [9.17, 15) is 9.90 Å². The van der Waals surface area contributed by atoms with E-state index >= 15 is 0 Å². The zero-order chi connectivity index (χ0) is 16.7. The molecule has 0 aliphatic carbocycles. The average Bonchev–Trinajstić information content (AvgIpc) is 2.97. The van der Waals surface area contributed by atoms with Crippen LogP contribution in [-0.4, -0.2) is 49.5 Å². The third kappa shape index (κ3) is 6.03. The van der Waals surface area contributed by atoms with Crippen LogP contribution in [0.4, 0.5) is 5.69 Å². The van der Waals surface area contributed by atoms with Crippen LogP contribution in [0, 0.1) is 6.92 Å². The summed E-state index contributed by atoms with van der Waals surface area (Å²) < 4.78 is 10.8. The van der Waals surface area contributed by atoms with Crippen LogP contribution in [0.15, 0.2) is 18.2 Å². The van der Waals surface area contributed by atoms with Crippen molar-refractivity contribution in [2.45, 2.75) is 39.0 Å². The molecule has 0 saturated carbocycles. The lowest BCUT2D eigenvalue weighted by molar-refractivity contribution is -0.117. The van der Waals surface area contributed by atoms with E-state index in [0.717, 1.165) is 16.8 Å². The van der Waals surface area contributed by atoms with Gasteiger partial charge in [-0.05, 0) is 37.5 Å². The Morgan fingerprint density at radius 1 is 1.38 bits per heavy atom. The third-order valence-corrected chi connectivity index (χ3v) is 3.96. The van der Waals surface area contributed by atoms with Crippen LogP contribution in [0.2, 0.25) is 0 Å². The van der Waals surface area contributed by atoms with Gasteiger partial charge in [0.25, 0.3) is 0 Å². The minimum atomic E-state index is -0.447. The van der Waals surface area contributed by atoms with E-state index in [1.54, 1.807) is 0 Å². The minimum Gasteiger partial charge on any atom is -0.392 e. The molecule has 7 heteroatoms. The largest absolute Gasteiger partial charge is 0.392 e. The second kappa shape index (κ2) is 10.6. The maximum Gasteiger partial charge on any atom is 0.241 e. The molecule has 1 aromatic carbocycles. The van der Waals surface area contributed by atoms with E-state index in [4.69, 9.17) is 9.47 Å². The molecule has 1 amide bonds. The molecule has 24 heavy (non-hydrogen) atoms. The molecule has 6 nitrogen and oxygen atoms in total. The van der Waals surface area contributed by atoms with E-state index in [0.29, 0.717) is 39.4 Å². The van der Waals surface area contributed by atoms with Crippen LogP contribution in [-0.2, 0) is 20.9 Å². The molecular formula is C17H27ClN2O4. The molecule has 136 valence electrons. The van der Waals surface area contributed by atoms with Gasteiger partial charge in [-0.25, -0.2) is 0 Å². The van der Waals surface area contributed by atoms with Gasteiger partial charge in [0.05, 0.1) is 32.0 Å². The number of rotatable bonds is 8. The molecule has 1 aliphatic rings. The Morgan fingerprint density at radius 3 is 2.79 bits per heavy atom. The van der Waals surface area contributed by atoms with Gasteiger partial charge in [-0.2, -0.15) is 0 Å². The summed E-state index contributed by atoms with van der Waals surface area (Å²) in [7, 11) is 0. The molecule has 0 spiro atoms. The molecule has 1 aliphatic heterocycles. The summed E-state index contributed by atoms with van der Waals surface area (Å²) in [5.41, 5.74) is 2.82. The van der Waals surface area contributed by atoms with Crippen molar-refractivity contribution in [3.05, 3.63) is 29.3 Å². The number of amides is 1. The second-order valence-electron chi connectivity index (χ2n) is 5.68. The molecule has 1 fully saturated rings. The maximum absolute atomic E-state index is 12.2. The number of carbonyl (C=O) groups is 1. The summed E-state index contributed by atoms with van der Waals surface area (Å²) in [6.45, 7) is 6.69. The average molecular weight is 359 g/mol. The van der Waals surface area contributed by atoms with Crippen molar-refractivity contribution in [3.8, 4) is 0 Å². The number of aliphatic hydroxyl groups excluding tert-OH is 1. The Labute approximate surface area is 149 Å². The van der Waals surface area contributed by atoms with Crippen LogP contribution in [0.1, 0.15) is 24.5 Å². The highest BCUT2D eigenvalue weighted by molar-refractivity contribution is 5.95. The molecule has 1 saturated heterocycles. The highest BCUT2D eigenvalue weighted by Gasteiger charge is 2.28. The van der Waals surface area contributed by atoms with E-state index in [2.05, 4.69) is 10.6 Å². The summed E-state index contributed by atoms with van der Waals surface area (Å²) >= 11 is 0. The number of carbonyl (C=O) groups excluding carboxylic acids is 1. The predicted molar refractivity (Wildman–Crippen MR) is 95.6 cm³/mol. The number of anilines is 1. The number of hydrogen-bond acceptors (Lipinski definition) is 5. The van der Waals surface area contributed by atoms with Crippen LogP contribution >= 0.6 is 12.4 Å². The summed E-state index contributed by atoms with van der Waals surface area (Å²) in [5.74, 6) is -0.112. The standard InChI is InChI=1S/C17H26N2O4.ClH/c1-3-22-7-8-23-11-13-5-4-6-15(12(13)2)19-17(21)16-9-14(20)10-18-16;/h4-6,14,16,18,20H,3,7-11H2,1-2H3,(H,19,21);1H. The van der Waals surface area contributed by atoms with Gasteiger partial charge in [-0.15, -0.1) is 12.4 Å². The van der Waals surface area contributed by atoms with Crippen LogP contribution in [0.5, 0.6) is 0 Å². The number of β-amino-alcohol motifs (C(OH)–C–C–N with tert-alkyl or cyclic N) is 1. The first-order valence-corrected chi connectivity index (χ1v) is 8.08. The van der Waals surface area contributed by atoms with Crippen LogP contribution in [0.3, 0.4) is 0 Å². The van der Waals surface area contributed by atoms with Crippen LogP contribution < -0.4 is 10.6 Å². The molecule has 0 bridgehead atoms. The molecule has 1 heterocycles. The van der Waals surface area contributed by atoms with Gasteiger partial charge >= 0.3 is 0 Å². The Kier molecular flexibility index (Phi) is 9.25. The lowest BCUT2D eigenvalue weighted by atomic mass is 10.1. The number of ether oxygens (including phenoxy) is 2. The quantitative estimate of drug-likeness (QED) is 0.615. The molecule has 3 N–H and O–H groups in total. The fraction of sp³-hybridized carbons (Fsp3) is 0.588. The fourth-order valence-electron chi connectivity index (χ4n) is 2.56. The highest BCUT2D eigenvalue weighted by atomic mass is 35.5. The topological polar surface area (TPSA) is 79.8 Å². The lowest BCUT2D eigenvalue weighted by Crippen LogP contribution is -2.35. The van der Waals surface area contributed by atoms with Gasteiger partial charge in [0, 0.05) is 18.8 Å². The van der Waals surface area contributed by atoms with Crippen molar-refractivity contribution in [1.82, 2.24) is 5.32 Å². The molecule has 2 rings (SSSR count). The van der Waals surface area contributed by atoms with Gasteiger partial charge in [0.2, 0.25) is 5.91 Å². The van der Waals surface area contributed by atoms with Gasteiger partial charge in [-0.1, -0.05) is 12.1 Å². The number of halogens is 1. The Morgan fingerprint density at radius 2 is 2.12 bits per heavy atom. The van der Waals surface area contributed by atoms with Crippen molar-refractivity contribution in [1.29, 1.82) is 0 Å². The van der Waals surface area contributed by atoms with E-state index in [1.165, 1.54) is 0 Å². The summed E-state index contributed by atoms with van der Waals surface area (Å²) in [6.07, 6.45) is 0.00222. The minimum absolute atomic E-state index is 0. The summed E-state index contributed by atoms with van der Waals surface area (Å²) in [4.78, 5) is 12.2. The first-order chi connectivity index (χ1) is 11.1. The SMILES string of the molecule is CCOCCOCc1cccc(NC(=O)C2CC(O)CN2)c1C.Cl. The van der Waals surface area contributed by atoms with Crippen LogP contribution in [0.25, 0.3) is 0 Å². The van der Waals surface area contributed by atoms with Crippen molar-refractivity contribution in [3.63, 3.8) is 0 Å². The Balaban J connectivity index is 0.00000288. The van der Waals surface area contributed by atoms with E-state index in [1.807, 2.05) is 32.0 Å². The number of benzene rings is 1. The van der Waals surface area contributed by atoms with Crippen molar-refractivity contribution in [2.75, 3.05) is 31.7 Å². The smallest absolute Gasteiger partial charge is 0.241 e. The third-order valence-electron chi connectivity index (χ3n) is 3.96. The fourth-order valence-corrected chi connectivity index (χ4v) is 2.56. The van der Waals surface area contributed by atoms with Gasteiger partial charge < -0.3 is 25.2 Å². The van der Waals surface area contributed by atoms with E-state index < -0.39 is 6.10 Å². The Hall–Kier alpha value is -1.18. The molecule has 0 radical (unpaired) electrons. The zero-order valence-electron chi connectivity index (χ0n) is 14.2. The lowest BCUT2D eigenvalue weighted by Gasteiger charge is -2.15. The molecule has 1 aromatic rings. The monoisotopic (exact) mass is 358 g/mol. The number of hydrogen-bond donors (Lipinski definition) is 3. The number of nitrogens with one attached hydrogen (secondary N) is 2. The summed E-state index contributed by atoms with van der Waals surface area (Å²) in [5, 5.41) is 15.4. The highest BCUT2D eigenvalue weighted by Crippen LogP contribution is 2.20. The first kappa shape index (κ1) is 20.9. The molecule has 2 unspecified atom stereocenters. The predicted octanol–water partition coefficient (Wildman–Crippen LogP) is 1.63. The molecule has 2 atom stereocenters. The molecular weight excluding hydrogens is 332 g/mol. The van der Waals surface area contributed by atoms with Crippen molar-refractivity contribution in [2.24, 2.45) is 0 Å². The summed E-state index contributed by atoms with van der Waals surface area (Å²) in [6, 6.07) is 5.43. The Bertz CT molecular complexity index is 527. The second-order valence-corrected chi connectivity index (χ2v) is 5.68. The van der Waals surface area contributed by atoms with Crippen molar-refractivity contribution < 1.29 is 19.4 Å². The van der Waals surface area contributed by atoms with Gasteiger partial charge in [0.15, 0.2) is 0 Å². The zero-order valence-corrected chi connectivity index (χ0v) is 15.0. The van der Waals surface area contributed by atoms with Gasteiger partial charge in [-0.3, -0.25) is 4.79 Å². The van der Waals surface area contributed by atoms with Gasteiger partial charge in [0.1, 0.15) is 0 Å². The molecule has 0 aromatic heterocycles.